The van der Waals surface area contributed by atoms with Crippen LogP contribution in [-0.2, 0) is 4.79 Å². The predicted octanol–water partition coefficient (Wildman–Crippen LogP) is 0.202. The van der Waals surface area contributed by atoms with Gasteiger partial charge in [-0.2, -0.15) is 0 Å². The molecule has 60 valence electrons. The lowest BCUT2D eigenvalue weighted by molar-refractivity contribution is -0.119. The van der Waals surface area contributed by atoms with E-state index >= 15 is 0 Å². The van der Waals surface area contributed by atoms with Gasteiger partial charge < -0.3 is 5.73 Å². The lowest BCUT2D eigenvalue weighted by Gasteiger charge is -2.21. The Kier molecular flexibility index (Phi) is 4.03. The summed E-state index contributed by atoms with van der Waals surface area (Å²) in [6.45, 7) is 4.51. The van der Waals surface area contributed by atoms with E-state index in [4.69, 9.17) is 5.73 Å². The van der Waals surface area contributed by atoms with Crippen LogP contribution in [0.2, 0.25) is 0 Å². The van der Waals surface area contributed by atoms with Gasteiger partial charge in [0.2, 0.25) is 5.91 Å². The molecule has 0 heterocycles. The quantitative estimate of drug-likeness (QED) is 0.612. The molecule has 10 heavy (non-hydrogen) atoms. The van der Waals surface area contributed by atoms with E-state index < -0.39 is 0 Å². The highest BCUT2D eigenvalue weighted by molar-refractivity contribution is 5.75. The average molecular weight is 144 g/mol. The summed E-state index contributed by atoms with van der Waals surface area (Å²) in [6.07, 6.45) is 1.05. The number of hydrogen-bond acceptors (Lipinski definition) is 2. The SMILES string of the molecule is CCC(C)N(C)CC(N)=O. The summed E-state index contributed by atoms with van der Waals surface area (Å²) in [7, 11) is 1.90. The van der Waals surface area contributed by atoms with Crippen molar-refractivity contribution in [1.82, 2.24) is 4.90 Å². The molecule has 0 aliphatic rings. The van der Waals surface area contributed by atoms with Crippen molar-refractivity contribution in [2.75, 3.05) is 13.6 Å². The standard InChI is InChI=1S/C7H16N2O/c1-4-6(2)9(3)5-7(8)10/h6H,4-5H2,1-3H3,(H2,8,10). The van der Waals surface area contributed by atoms with Crippen LogP contribution in [0.3, 0.4) is 0 Å². The number of rotatable bonds is 4. The van der Waals surface area contributed by atoms with E-state index in [9.17, 15) is 4.79 Å². The third-order valence-electron chi connectivity index (χ3n) is 1.75. The van der Waals surface area contributed by atoms with Gasteiger partial charge in [-0.25, -0.2) is 0 Å². The van der Waals surface area contributed by atoms with Crippen LogP contribution >= 0.6 is 0 Å². The molecule has 3 nitrogen and oxygen atoms in total. The number of amides is 1. The number of primary amides is 1. The molecule has 1 amide bonds. The molecule has 0 rings (SSSR count). The zero-order chi connectivity index (χ0) is 8.15. The fourth-order valence-electron chi connectivity index (χ4n) is 0.713. The fraction of sp³-hybridized carbons (Fsp3) is 0.857. The van der Waals surface area contributed by atoms with Gasteiger partial charge in [0, 0.05) is 6.04 Å². The maximum atomic E-state index is 10.4. The highest BCUT2D eigenvalue weighted by Crippen LogP contribution is 1.97. The van der Waals surface area contributed by atoms with Crippen molar-refractivity contribution in [3.05, 3.63) is 0 Å². The molecule has 2 N–H and O–H groups in total. The number of hydrogen-bond donors (Lipinski definition) is 1. The minimum Gasteiger partial charge on any atom is -0.369 e. The van der Waals surface area contributed by atoms with E-state index in [1.807, 2.05) is 11.9 Å². The molecule has 0 aliphatic heterocycles. The highest BCUT2D eigenvalue weighted by atomic mass is 16.1. The molecular formula is C7H16N2O. The summed E-state index contributed by atoms with van der Waals surface area (Å²) in [5, 5.41) is 0. The van der Waals surface area contributed by atoms with E-state index in [0.717, 1.165) is 6.42 Å². The molecule has 0 fully saturated rings. The smallest absolute Gasteiger partial charge is 0.231 e. The maximum absolute atomic E-state index is 10.4. The lowest BCUT2D eigenvalue weighted by Crippen LogP contribution is -2.36. The summed E-state index contributed by atoms with van der Waals surface area (Å²) in [6, 6.07) is 0.437. The number of carbonyl (C=O) groups excluding carboxylic acids is 1. The normalized spacial score (nSPS) is 13.6. The van der Waals surface area contributed by atoms with E-state index in [1.165, 1.54) is 0 Å². The van der Waals surface area contributed by atoms with Gasteiger partial charge in [-0.3, -0.25) is 9.69 Å². The molecule has 0 aromatic heterocycles. The molecule has 0 radical (unpaired) electrons. The summed E-state index contributed by atoms with van der Waals surface area (Å²) < 4.78 is 0. The minimum absolute atomic E-state index is 0.261. The topological polar surface area (TPSA) is 46.3 Å². The van der Waals surface area contributed by atoms with Crippen molar-refractivity contribution >= 4 is 5.91 Å². The monoisotopic (exact) mass is 144 g/mol. The van der Waals surface area contributed by atoms with Crippen LogP contribution < -0.4 is 5.73 Å². The van der Waals surface area contributed by atoms with Gasteiger partial charge in [0.05, 0.1) is 6.54 Å². The van der Waals surface area contributed by atoms with Crippen molar-refractivity contribution in [2.45, 2.75) is 26.3 Å². The Morgan fingerprint density at radius 3 is 2.50 bits per heavy atom. The lowest BCUT2D eigenvalue weighted by atomic mass is 10.2. The summed E-state index contributed by atoms with van der Waals surface area (Å²) in [5.74, 6) is -0.261. The van der Waals surface area contributed by atoms with Gasteiger partial charge in [0.15, 0.2) is 0 Å². The average Bonchev–Trinajstić information content (AvgIpc) is 1.85. The predicted molar refractivity (Wildman–Crippen MR) is 41.6 cm³/mol. The van der Waals surface area contributed by atoms with Crippen LogP contribution in [0.5, 0.6) is 0 Å². The van der Waals surface area contributed by atoms with Crippen molar-refractivity contribution in [2.24, 2.45) is 5.73 Å². The summed E-state index contributed by atoms with van der Waals surface area (Å²) >= 11 is 0. The highest BCUT2D eigenvalue weighted by Gasteiger charge is 2.07. The van der Waals surface area contributed by atoms with E-state index in [-0.39, 0.29) is 5.91 Å². The Morgan fingerprint density at radius 2 is 2.20 bits per heavy atom. The molecule has 1 unspecified atom stereocenters. The molecule has 0 bridgehead atoms. The van der Waals surface area contributed by atoms with Crippen LogP contribution in [0.4, 0.5) is 0 Å². The molecule has 0 saturated heterocycles. The van der Waals surface area contributed by atoms with E-state index in [0.29, 0.717) is 12.6 Å². The van der Waals surface area contributed by atoms with Gasteiger partial charge >= 0.3 is 0 Å². The van der Waals surface area contributed by atoms with Crippen LogP contribution in [0.1, 0.15) is 20.3 Å². The Bertz CT molecular complexity index is 114. The fourth-order valence-corrected chi connectivity index (χ4v) is 0.713. The number of carbonyl (C=O) groups is 1. The number of nitrogens with zero attached hydrogens (tertiary/aromatic N) is 1. The second-order valence-electron chi connectivity index (χ2n) is 2.64. The Morgan fingerprint density at radius 1 is 1.70 bits per heavy atom. The van der Waals surface area contributed by atoms with Crippen LogP contribution in [0.25, 0.3) is 0 Å². The van der Waals surface area contributed by atoms with Gasteiger partial charge in [0.25, 0.3) is 0 Å². The molecule has 0 saturated carbocycles. The third-order valence-corrected chi connectivity index (χ3v) is 1.75. The number of nitrogens with two attached hydrogens (primary N) is 1. The van der Waals surface area contributed by atoms with Gasteiger partial charge in [-0.15, -0.1) is 0 Å². The van der Waals surface area contributed by atoms with Crippen LogP contribution in [-0.4, -0.2) is 30.4 Å². The van der Waals surface area contributed by atoms with Gasteiger partial charge in [-0.1, -0.05) is 6.92 Å². The molecule has 0 aromatic carbocycles. The first-order valence-electron chi connectivity index (χ1n) is 3.56. The molecule has 3 heteroatoms. The summed E-state index contributed by atoms with van der Waals surface area (Å²) in [5.41, 5.74) is 5.01. The van der Waals surface area contributed by atoms with Gasteiger partial charge in [-0.05, 0) is 20.4 Å². The first-order valence-corrected chi connectivity index (χ1v) is 3.56. The second-order valence-corrected chi connectivity index (χ2v) is 2.64. The van der Waals surface area contributed by atoms with Crippen LogP contribution in [0, 0.1) is 0 Å². The first-order chi connectivity index (χ1) is 4.57. The third kappa shape index (κ3) is 3.45. The van der Waals surface area contributed by atoms with Crippen LogP contribution in [0.15, 0.2) is 0 Å². The number of likely N-dealkylation sites (N-methyl/N-ethyl adjacent to an activating group) is 1. The Labute approximate surface area is 62.2 Å². The van der Waals surface area contributed by atoms with Crippen molar-refractivity contribution < 1.29 is 4.79 Å². The van der Waals surface area contributed by atoms with E-state index in [1.54, 1.807) is 0 Å². The molecule has 0 spiro atoms. The largest absolute Gasteiger partial charge is 0.369 e. The molecule has 0 aliphatic carbocycles. The minimum atomic E-state index is -0.261. The zero-order valence-corrected chi connectivity index (χ0v) is 6.92. The van der Waals surface area contributed by atoms with Crippen molar-refractivity contribution in [1.29, 1.82) is 0 Å². The molecular weight excluding hydrogens is 128 g/mol. The summed E-state index contributed by atoms with van der Waals surface area (Å²) in [4.78, 5) is 12.4. The van der Waals surface area contributed by atoms with Crippen molar-refractivity contribution in [3.63, 3.8) is 0 Å². The Hall–Kier alpha value is -0.570. The first kappa shape index (κ1) is 9.43. The van der Waals surface area contributed by atoms with Gasteiger partial charge in [0.1, 0.15) is 0 Å². The second kappa shape index (κ2) is 4.28. The Balaban J connectivity index is 3.61. The molecule has 1 atom stereocenters. The maximum Gasteiger partial charge on any atom is 0.231 e. The van der Waals surface area contributed by atoms with Crippen molar-refractivity contribution in [3.8, 4) is 0 Å². The van der Waals surface area contributed by atoms with E-state index in [2.05, 4.69) is 13.8 Å². The zero-order valence-electron chi connectivity index (χ0n) is 6.92. The molecule has 0 aromatic rings.